The predicted octanol–water partition coefficient (Wildman–Crippen LogP) is 4.84. The Morgan fingerprint density at radius 3 is 2.53 bits per heavy atom. The van der Waals surface area contributed by atoms with E-state index in [9.17, 15) is 14.4 Å². The minimum Gasteiger partial charge on any atom is -0.458 e. The average Bonchev–Trinajstić information content (AvgIpc) is 3.38. The molecule has 0 aliphatic heterocycles. The zero-order chi connectivity index (χ0) is 23.4. The van der Waals surface area contributed by atoms with Crippen molar-refractivity contribution < 1.29 is 19.1 Å². The van der Waals surface area contributed by atoms with Crippen LogP contribution in [0.3, 0.4) is 0 Å². The molecule has 0 spiro atoms. The molecule has 0 saturated heterocycles. The standard InChI is InChI=1S/C23H28ClN3O4S/c1-13-9-14(2)21(19(24)10-13)27(16(4)29)23-26-18(12-32-23)11-31-22(30)20(25-15(3)28)17-7-5-6-8-17/h9-10,12,17,20H,5-8,11H2,1-4H3,(H,25,28). The molecule has 1 aromatic heterocycles. The zero-order valence-electron chi connectivity index (χ0n) is 18.7. The van der Waals surface area contributed by atoms with E-state index >= 15 is 0 Å². The molecule has 1 N–H and O–H groups in total. The molecule has 1 fully saturated rings. The Bertz CT molecular complexity index is 993. The number of amides is 2. The molecule has 172 valence electrons. The van der Waals surface area contributed by atoms with Gasteiger partial charge in [-0.05, 0) is 49.8 Å². The van der Waals surface area contributed by atoms with Crippen LogP contribution in [0.4, 0.5) is 10.8 Å². The first-order valence-corrected chi connectivity index (χ1v) is 11.9. The van der Waals surface area contributed by atoms with Gasteiger partial charge >= 0.3 is 5.97 Å². The maximum atomic E-state index is 12.7. The van der Waals surface area contributed by atoms with Crippen LogP contribution in [0.15, 0.2) is 17.5 Å². The third kappa shape index (κ3) is 5.66. The smallest absolute Gasteiger partial charge is 0.329 e. The highest BCUT2D eigenvalue weighted by atomic mass is 35.5. The molecule has 3 rings (SSSR count). The van der Waals surface area contributed by atoms with E-state index in [4.69, 9.17) is 16.3 Å². The average molecular weight is 478 g/mol. The number of esters is 1. The molecule has 7 nitrogen and oxygen atoms in total. The second-order valence-electron chi connectivity index (χ2n) is 8.22. The number of carbonyl (C=O) groups excluding carboxylic acids is 3. The van der Waals surface area contributed by atoms with Crippen LogP contribution in [0.25, 0.3) is 0 Å². The van der Waals surface area contributed by atoms with Crippen molar-refractivity contribution in [3.63, 3.8) is 0 Å². The zero-order valence-corrected chi connectivity index (χ0v) is 20.3. The summed E-state index contributed by atoms with van der Waals surface area (Å²) in [6.45, 7) is 6.65. The highest BCUT2D eigenvalue weighted by Crippen LogP contribution is 2.37. The fourth-order valence-electron chi connectivity index (χ4n) is 4.16. The summed E-state index contributed by atoms with van der Waals surface area (Å²) in [5, 5.41) is 5.40. The van der Waals surface area contributed by atoms with E-state index in [1.54, 1.807) is 11.4 Å². The van der Waals surface area contributed by atoms with Crippen LogP contribution in [0, 0.1) is 19.8 Å². The Labute approximate surface area is 197 Å². The Balaban J connectivity index is 1.75. The van der Waals surface area contributed by atoms with Crippen LogP contribution in [0.2, 0.25) is 5.02 Å². The molecule has 0 radical (unpaired) electrons. The number of nitrogens with one attached hydrogen (secondary N) is 1. The van der Waals surface area contributed by atoms with Gasteiger partial charge in [0.05, 0.1) is 16.4 Å². The molecular weight excluding hydrogens is 450 g/mol. The Morgan fingerprint density at radius 1 is 1.25 bits per heavy atom. The monoisotopic (exact) mass is 477 g/mol. The normalized spacial score (nSPS) is 14.8. The second-order valence-corrected chi connectivity index (χ2v) is 9.46. The van der Waals surface area contributed by atoms with Crippen molar-refractivity contribution in [3.8, 4) is 0 Å². The summed E-state index contributed by atoms with van der Waals surface area (Å²) < 4.78 is 5.49. The van der Waals surface area contributed by atoms with Crippen molar-refractivity contribution in [3.05, 3.63) is 39.4 Å². The van der Waals surface area contributed by atoms with Crippen molar-refractivity contribution in [2.24, 2.45) is 5.92 Å². The molecule has 1 aliphatic carbocycles. The summed E-state index contributed by atoms with van der Waals surface area (Å²) in [6.07, 6.45) is 3.88. The van der Waals surface area contributed by atoms with Gasteiger partial charge in [-0.2, -0.15) is 0 Å². The predicted molar refractivity (Wildman–Crippen MR) is 125 cm³/mol. The van der Waals surface area contributed by atoms with Crippen LogP contribution >= 0.6 is 22.9 Å². The fourth-order valence-corrected chi connectivity index (χ4v) is 5.42. The third-order valence-electron chi connectivity index (χ3n) is 5.51. The van der Waals surface area contributed by atoms with Gasteiger partial charge in [0.1, 0.15) is 12.6 Å². The van der Waals surface area contributed by atoms with Gasteiger partial charge in [0.15, 0.2) is 5.13 Å². The number of thiazole rings is 1. The quantitative estimate of drug-likeness (QED) is 0.576. The van der Waals surface area contributed by atoms with Crippen molar-refractivity contribution in [1.82, 2.24) is 10.3 Å². The Hall–Kier alpha value is -2.45. The number of carbonyl (C=O) groups is 3. The number of aryl methyl sites for hydroxylation is 2. The molecule has 0 bridgehead atoms. The van der Waals surface area contributed by atoms with Gasteiger partial charge in [-0.1, -0.05) is 30.5 Å². The molecule has 32 heavy (non-hydrogen) atoms. The summed E-state index contributed by atoms with van der Waals surface area (Å²) in [6, 6.07) is 3.12. The van der Waals surface area contributed by atoms with Gasteiger partial charge in [-0.3, -0.25) is 14.5 Å². The number of halogens is 1. The first-order valence-electron chi connectivity index (χ1n) is 10.6. The lowest BCUT2D eigenvalue weighted by Crippen LogP contribution is -2.45. The summed E-state index contributed by atoms with van der Waals surface area (Å²) in [5.41, 5.74) is 2.98. The summed E-state index contributed by atoms with van der Waals surface area (Å²) >= 11 is 7.72. The van der Waals surface area contributed by atoms with E-state index in [1.807, 2.05) is 19.9 Å². The summed E-state index contributed by atoms with van der Waals surface area (Å²) in [5.74, 6) is -0.833. The SMILES string of the molecule is CC(=O)NC(C(=O)OCc1csc(N(C(C)=O)c2c(C)cc(C)cc2Cl)n1)C1CCCC1. The molecule has 1 saturated carbocycles. The van der Waals surface area contributed by atoms with Crippen LogP contribution in [0.1, 0.15) is 56.4 Å². The summed E-state index contributed by atoms with van der Waals surface area (Å²) in [4.78, 5) is 42.7. The van der Waals surface area contributed by atoms with Crippen LogP contribution < -0.4 is 10.2 Å². The molecule has 1 heterocycles. The fraction of sp³-hybridized carbons (Fsp3) is 0.478. The van der Waals surface area contributed by atoms with Gasteiger partial charge in [-0.15, -0.1) is 11.3 Å². The maximum Gasteiger partial charge on any atom is 0.329 e. The number of rotatable bonds is 7. The maximum absolute atomic E-state index is 12.7. The highest BCUT2D eigenvalue weighted by molar-refractivity contribution is 7.14. The molecule has 2 amide bonds. The topological polar surface area (TPSA) is 88.6 Å². The number of ether oxygens (including phenoxy) is 1. The number of benzene rings is 1. The van der Waals surface area contributed by atoms with Crippen LogP contribution in [-0.4, -0.2) is 28.8 Å². The van der Waals surface area contributed by atoms with Gasteiger partial charge < -0.3 is 10.1 Å². The minimum atomic E-state index is -0.643. The van der Waals surface area contributed by atoms with Crippen LogP contribution in [-0.2, 0) is 25.7 Å². The Morgan fingerprint density at radius 2 is 1.94 bits per heavy atom. The number of hydrogen-bond acceptors (Lipinski definition) is 6. The second kappa shape index (κ2) is 10.4. The minimum absolute atomic E-state index is 0.0372. The molecule has 2 aromatic rings. The van der Waals surface area contributed by atoms with E-state index in [1.165, 1.54) is 30.1 Å². The molecular formula is C23H28ClN3O4S. The van der Waals surface area contributed by atoms with Gasteiger partial charge in [-0.25, -0.2) is 9.78 Å². The lowest BCUT2D eigenvalue weighted by atomic mass is 9.98. The van der Waals surface area contributed by atoms with E-state index in [0.29, 0.717) is 21.5 Å². The molecule has 1 aliphatic rings. The first kappa shape index (κ1) is 24.2. The molecule has 1 aromatic carbocycles. The lowest BCUT2D eigenvalue weighted by Gasteiger charge is -2.22. The largest absolute Gasteiger partial charge is 0.458 e. The van der Waals surface area contributed by atoms with Crippen molar-refractivity contribution in [2.45, 2.75) is 66.0 Å². The molecule has 1 unspecified atom stereocenters. The van der Waals surface area contributed by atoms with Crippen molar-refractivity contribution >= 4 is 51.5 Å². The Kier molecular flexibility index (Phi) is 7.90. The van der Waals surface area contributed by atoms with Crippen LogP contribution in [0.5, 0.6) is 0 Å². The van der Waals surface area contributed by atoms with Gasteiger partial charge in [0.2, 0.25) is 11.8 Å². The van der Waals surface area contributed by atoms with E-state index in [2.05, 4.69) is 10.3 Å². The number of hydrogen-bond donors (Lipinski definition) is 1. The van der Waals surface area contributed by atoms with E-state index in [0.717, 1.165) is 36.8 Å². The molecule has 1 atom stereocenters. The van der Waals surface area contributed by atoms with E-state index < -0.39 is 12.0 Å². The van der Waals surface area contributed by atoms with Gasteiger partial charge in [0.25, 0.3) is 0 Å². The number of nitrogens with zero attached hydrogens (tertiary/aromatic N) is 2. The van der Waals surface area contributed by atoms with Crippen molar-refractivity contribution in [1.29, 1.82) is 0 Å². The van der Waals surface area contributed by atoms with E-state index in [-0.39, 0.29) is 24.3 Å². The highest BCUT2D eigenvalue weighted by Gasteiger charge is 2.32. The molecule has 9 heteroatoms. The van der Waals surface area contributed by atoms with Crippen molar-refractivity contribution in [2.75, 3.05) is 4.90 Å². The lowest BCUT2D eigenvalue weighted by molar-refractivity contribution is -0.150. The number of aromatic nitrogens is 1. The summed E-state index contributed by atoms with van der Waals surface area (Å²) in [7, 11) is 0. The van der Waals surface area contributed by atoms with Gasteiger partial charge in [0, 0.05) is 19.2 Å². The third-order valence-corrected chi connectivity index (χ3v) is 6.68. The first-order chi connectivity index (χ1) is 15.2. The number of anilines is 2.